The van der Waals surface area contributed by atoms with Crippen molar-refractivity contribution < 1.29 is 14.1 Å². The van der Waals surface area contributed by atoms with Crippen LogP contribution in [0.3, 0.4) is 0 Å². The lowest BCUT2D eigenvalue weighted by atomic mass is 9.81. The molecule has 1 amide bonds. The van der Waals surface area contributed by atoms with Crippen molar-refractivity contribution in [3.63, 3.8) is 0 Å². The van der Waals surface area contributed by atoms with Gasteiger partial charge in [-0.15, -0.1) is 0 Å². The number of hydrogen-bond donors (Lipinski definition) is 0. The number of nitrogens with zero attached hydrogens (tertiary/aromatic N) is 3. The lowest BCUT2D eigenvalue weighted by molar-refractivity contribution is -0.140. The summed E-state index contributed by atoms with van der Waals surface area (Å²) in [6, 6.07) is 0. The van der Waals surface area contributed by atoms with Crippen LogP contribution in [0.1, 0.15) is 36.3 Å². The van der Waals surface area contributed by atoms with Gasteiger partial charge in [0.1, 0.15) is 5.76 Å². The van der Waals surface area contributed by atoms with E-state index in [-0.39, 0.29) is 12.0 Å². The van der Waals surface area contributed by atoms with Crippen molar-refractivity contribution in [2.45, 2.75) is 45.8 Å². The number of rotatable bonds is 3. The number of carbonyl (C=O) groups is 1. The number of ether oxygens (including phenoxy) is 1. The topological polar surface area (TPSA) is 58.8 Å². The molecule has 0 saturated carbocycles. The third kappa shape index (κ3) is 2.86. The zero-order chi connectivity index (χ0) is 16.7. The maximum Gasteiger partial charge on any atom is 0.227 e. The lowest BCUT2D eigenvalue weighted by Gasteiger charge is -2.40. The fraction of sp³-hybridized carbons (Fsp3) is 0.778. The third-order valence-corrected chi connectivity index (χ3v) is 5.97. The van der Waals surface area contributed by atoms with E-state index in [2.05, 4.69) is 15.0 Å². The number of hydrogen-bond acceptors (Lipinski definition) is 5. The highest BCUT2D eigenvalue weighted by Gasteiger charge is 2.45. The summed E-state index contributed by atoms with van der Waals surface area (Å²) < 4.78 is 11.3. The third-order valence-electron chi connectivity index (χ3n) is 5.97. The molecule has 4 rings (SSSR count). The highest BCUT2D eigenvalue weighted by molar-refractivity contribution is 5.80. The van der Waals surface area contributed by atoms with Crippen LogP contribution >= 0.6 is 0 Å². The molecule has 4 heterocycles. The minimum absolute atomic E-state index is 0.0739. The fourth-order valence-corrected chi connectivity index (χ4v) is 4.57. The van der Waals surface area contributed by atoms with Crippen molar-refractivity contribution >= 4 is 5.91 Å². The van der Waals surface area contributed by atoms with Gasteiger partial charge in [-0.05, 0) is 33.1 Å². The zero-order valence-corrected chi connectivity index (χ0v) is 14.7. The molecular formula is C18H27N3O3. The van der Waals surface area contributed by atoms with Gasteiger partial charge in [0.2, 0.25) is 5.91 Å². The normalized spacial score (nSPS) is 30.8. The largest absolute Gasteiger partial charge is 0.377 e. The van der Waals surface area contributed by atoms with Crippen LogP contribution in [0, 0.1) is 25.7 Å². The first-order chi connectivity index (χ1) is 11.6. The van der Waals surface area contributed by atoms with Crippen LogP contribution in [0.2, 0.25) is 0 Å². The molecule has 0 unspecified atom stereocenters. The second-order valence-corrected chi connectivity index (χ2v) is 7.50. The summed E-state index contributed by atoms with van der Waals surface area (Å²) in [7, 11) is 0. The van der Waals surface area contributed by atoms with Crippen LogP contribution in [-0.2, 0) is 16.1 Å². The summed E-state index contributed by atoms with van der Waals surface area (Å²) in [5, 5.41) is 4.06. The molecule has 3 fully saturated rings. The molecule has 3 atom stereocenters. The Labute approximate surface area is 143 Å². The average Bonchev–Trinajstić information content (AvgIpc) is 3.31. The van der Waals surface area contributed by atoms with Crippen molar-refractivity contribution in [3.05, 3.63) is 17.0 Å². The van der Waals surface area contributed by atoms with Crippen LogP contribution in [0.15, 0.2) is 4.52 Å². The molecule has 3 saturated heterocycles. The summed E-state index contributed by atoms with van der Waals surface area (Å²) in [4.78, 5) is 17.5. The van der Waals surface area contributed by atoms with Gasteiger partial charge >= 0.3 is 0 Å². The SMILES string of the molecule is Cc1noc(C)c1CN1C[C@@H]2OCC[C@@H]2[C@@H](C(=O)N2CCCC2)C1. The van der Waals surface area contributed by atoms with E-state index in [4.69, 9.17) is 9.26 Å². The number of likely N-dealkylation sites (tertiary alicyclic amines) is 2. The van der Waals surface area contributed by atoms with Crippen LogP contribution in [0.4, 0.5) is 0 Å². The quantitative estimate of drug-likeness (QED) is 0.843. The summed E-state index contributed by atoms with van der Waals surface area (Å²) in [6.45, 7) is 9.10. The minimum atomic E-state index is 0.0739. The van der Waals surface area contributed by atoms with Crippen molar-refractivity contribution in [2.24, 2.45) is 11.8 Å². The Balaban J connectivity index is 1.51. The summed E-state index contributed by atoms with van der Waals surface area (Å²) in [5.41, 5.74) is 2.10. The molecule has 3 aliphatic heterocycles. The lowest BCUT2D eigenvalue weighted by Crippen LogP contribution is -2.52. The molecule has 0 aromatic carbocycles. The Hall–Kier alpha value is -1.40. The standard InChI is InChI=1S/C18H27N3O3/c1-12-15(13(2)24-19-12)9-20-10-16(14-5-8-23-17(14)11-20)18(22)21-6-3-4-7-21/h14,16-17H,3-11H2,1-2H3/t14-,16+,17+/m1/s1. The molecule has 0 N–H and O–H groups in total. The number of amides is 1. The molecule has 6 nitrogen and oxygen atoms in total. The van der Waals surface area contributed by atoms with E-state index >= 15 is 0 Å². The number of fused-ring (bicyclic) bond motifs is 1. The van der Waals surface area contributed by atoms with Crippen LogP contribution < -0.4 is 0 Å². The Morgan fingerprint density at radius 2 is 2.04 bits per heavy atom. The summed E-state index contributed by atoms with van der Waals surface area (Å²) in [6.07, 6.45) is 3.50. The van der Waals surface area contributed by atoms with Gasteiger partial charge in [0.25, 0.3) is 0 Å². The zero-order valence-electron chi connectivity index (χ0n) is 14.7. The van der Waals surface area contributed by atoms with Gasteiger partial charge in [0, 0.05) is 50.8 Å². The van der Waals surface area contributed by atoms with E-state index in [1.165, 1.54) is 0 Å². The first-order valence-corrected chi connectivity index (χ1v) is 9.18. The van der Waals surface area contributed by atoms with Crippen molar-refractivity contribution in [1.29, 1.82) is 0 Å². The van der Waals surface area contributed by atoms with Gasteiger partial charge in [-0.3, -0.25) is 9.69 Å². The van der Waals surface area contributed by atoms with Gasteiger partial charge in [0.05, 0.1) is 17.7 Å². The molecule has 0 aliphatic carbocycles. The molecule has 0 radical (unpaired) electrons. The summed E-state index contributed by atoms with van der Waals surface area (Å²) >= 11 is 0. The van der Waals surface area contributed by atoms with Gasteiger partial charge < -0.3 is 14.2 Å². The average molecular weight is 333 g/mol. The maximum atomic E-state index is 13.0. The highest BCUT2D eigenvalue weighted by atomic mass is 16.5. The first-order valence-electron chi connectivity index (χ1n) is 9.18. The Bertz CT molecular complexity index is 589. The molecule has 0 spiro atoms. The van der Waals surface area contributed by atoms with E-state index in [1.807, 2.05) is 13.8 Å². The first kappa shape index (κ1) is 16.1. The van der Waals surface area contributed by atoms with E-state index in [0.717, 1.165) is 75.6 Å². The molecular weight excluding hydrogens is 306 g/mol. The van der Waals surface area contributed by atoms with Crippen molar-refractivity contribution in [2.75, 3.05) is 32.8 Å². The Kier molecular flexibility index (Phi) is 4.35. The molecule has 1 aromatic heterocycles. The molecule has 1 aromatic rings. The molecule has 3 aliphatic rings. The van der Waals surface area contributed by atoms with E-state index in [0.29, 0.717) is 11.8 Å². The Morgan fingerprint density at radius 1 is 1.25 bits per heavy atom. The van der Waals surface area contributed by atoms with Gasteiger partial charge in [-0.2, -0.15) is 0 Å². The van der Waals surface area contributed by atoms with Gasteiger partial charge in [0.15, 0.2) is 0 Å². The minimum Gasteiger partial charge on any atom is -0.377 e. The number of aryl methyl sites for hydroxylation is 2. The van der Waals surface area contributed by atoms with Crippen LogP contribution in [0.5, 0.6) is 0 Å². The monoisotopic (exact) mass is 333 g/mol. The number of aromatic nitrogens is 1. The fourth-order valence-electron chi connectivity index (χ4n) is 4.57. The van der Waals surface area contributed by atoms with E-state index in [9.17, 15) is 4.79 Å². The van der Waals surface area contributed by atoms with Crippen molar-refractivity contribution in [3.8, 4) is 0 Å². The number of carbonyl (C=O) groups excluding carboxylic acids is 1. The smallest absolute Gasteiger partial charge is 0.227 e. The maximum absolute atomic E-state index is 13.0. The molecule has 24 heavy (non-hydrogen) atoms. The number of piperidine rings is 1. The highest BCUT2D eigenvalue weighted by Crippen LogP contribution is 2.36. The van der Waals surface area contributed by atoms with Gasteiger partial charge in [-0.25, -0.2) is 0 Å². The molecule has 0 bridgehead atoms. The van der Waals surface area contributed by atoms with Crippen molar-refractivity contribution in [1.82, 2.24) is 15.0 Å². The van der Waals surface area contributed by atoms with Crippen LogP contribution in [-0.4, -0.2) is 59.8 Å². The molecule has 6 heteroatoms. The predicted octanol–water partition coefficient (Wildman–Crippen LogP) is 1.75. The van der Waals surface area contributed by atoms with Gasteiger partial charge in [-0.1, -0.05) is 5.16 Å². The predicted molar refractivity (Wildman–Crippen MR) is 88.4 cm³/mol. The second-order valence-electron chi connectivity index (χ2n) is 7.50. The van der Waals surface area contributed by atoms with Crippen LogP contribution in [0.25, 0.3) is 0 Å². The second kappa shape index (κ2) is 6.48. The Morgan fingerprint density at radius 3 is 2.75 bits per heavy atom. The molecule has 132 valence electrons. The van der Waals surface area contributed by atoms with E-state index < -0.39 is 0 Å². The van der Waals surface area contributed by atoms with E-state index in [1.54, 1.807) is 0 Å². The summed E-state index contributed by atoms with van der Waals surface area (Å²) in [5.74, 6) is 1.68.